The van der Waals surface area contributed by atoms with Crippen LogP contribution in [0, 0.1) is 11.8 Å². The molecule has 0 aliphatic carbocycles. The fraction of sp³-hybridized carbons (Fsp3) is 0.250. The van der Waals surface area contributed by atoms with Gasteiger partial charge in [0.25, 0.3) is 5.56 Å². The first kappa shape index (κ1) is 12.5. The monoisotopic (exact) mass is 261 g/mol. The van der Waals surface area contributed by atoms with Gasteiger partial charge in [-0.25, -0.2) is 4.52 Å². The van der Waals surface area contributed by atoms with Crippen molar-refractivity contribution in [3.8, 4) is 11.8 Å². The second kappa shape index (κ2) is 5.56. The molecule has 0 bridgehead atoms. The zero-order chi connectivity index (χ0) is 13.0. The maximum Gasteiger partial charge on any atom is 0.275 e. The summed E-state index contributed by atoms with van der Waals surface area (Å²) in [7, 11) is 0. The average molecular weight is 261 g/mol. The molecule has 0 saturated carbocycles. The van der Waals surface area contributed by atoms with Gasteiger partial charge in [-0.05, 0) is 6.07 Å². The molecule has 0 unspecified atom stereocenters. The number of nitrogens with zero attached hydrogens (tertiary/aromatic N) is 2. The summed E-state index contributed by atoms with van der Waals surface area (Å²) in [4.78, 5) is 24.6. The average Bonchev–Trinajstić information content (AvgIpc) is 2.72. The number of hydrogen-bond donors (Lipinski definition) is 1. The van der Waals surface area contributed by atoms with E-state index in [1.807, 2.05) is 0 Å². The van der Waals surface area contributed by atoms with Crippen molar-refractivity contribution >= 4 is 22.4 Å². The van der Waals surface area contributed by atoms with Crippen LogP contribution in [-0.4, -0.2) is 25.5 Å². The Balaban J connectivity index is 2.09. The van der Waals surface area contributed by atoms with Crippen LogP contribution in [0.25, 0.3) is 5.52 Å². The summed E-state index contributed by atoms with van der Waals surface area (Å²) in [5, 5.41) is 4.07. The molecular formula is C12H11N3O2S. The largest absolute Gasteiger partial charge is 0.310 e. The number of thioether (sulfide) groups is 1. The molecule has 0 radical (unpaired) electrons. The molecule has 2 aromatic rings. The number of aromatic nitrogens is 3. The number of carbonyl (C=O) groups excluding carboxylic acids is 1. The number of fused-ring (bicyclic) bond motifs is 1. The van der Waals surface area contributed by atoms with Gasteiger partial charge in [-0.1, -0.05) is 23.6 Å². The van der Waals surface area contributed by atoms with Crippen molar-refractivity contribution in [2.24, 2.45) is 0 Å². The van der Waals surface area contributed by atoms with Gasteiger partial charge in [0.1, 0.15) is 11.8 Å². The lowest BCUT2D eigenvalue weighted by molar-refractivity contribution is -0.109. The molecule has 0 aliphatic heterocycles. The van der Waals surface area contributed by atoms with Gasteiger partial charge in [-0.2, -0.15) is 5.10 Å². The van der Waals surface area contributed by atoms with Gasteiger partial charge < -0.3 is 4.98 Å². The molecule has 0 spiro atoms. The van der Waals surface area contributed by atoms with Crippen molar-refractivity contribution in [1.29, 1.82) is 0 Å². The van der Waals surface area contributed by atoms with Crippen LogP contribution in [-0.2, 0) is 4.79 Å². The number of hydrogen-bond acceptors (Lipinski definition) is 4. The minimum atomic E-state index is -0.190. The Morgan fingerprint density at radius 2 is 2.44 bits per heavy atom. The summed E-state index contributed by atoms with van der Waals surface area (Å²) in [6.07, 6.45) is 3.69. The summed E-state index contributed by atoms with van der Waals surface area (Å²) >= 11 is 1.26. The van der Waals surface area contributed by atoms with Crippen LogP contribution in [0.1, 0.15) is 18.9 Å². The fourth-order valence-corrected chi connectivity index (χ4v) is 1.91. The maximum atomic E-state index is 11.4. The molecule has 0 fully saturated rings. The van der Waals surface area contributed by atoms with Crippen LogP contribution < -0.4 is 5.56 Å². The molecule has 5 nitrogen and oxygen atoms in total. The van der Waals surface area contributed by atoms with Crippen LogP contribution in [0.2, 0.25) is 0 Å². The van der Waals surface area contributed by atoms with Crippen LogP contribution in [0.15, 0.2) is 23.4 Å². The summed E-state index contributed by atoms with van der Waals surface area (Å²) < 4.78 is 1.49. The number of rotatable bonds is 2. The summed E-state index contributed by atoms with van der Waals surface area (Å²) in [5.41, 5.74) is 1.03. The SMILES string of the molecule is CC(=O)SCCC#Cc1cc2c(=O)[nH]cnn2c1. The number of aromatic amines is 1. The third-order valence-electron chi connectivity index (χ3n) is 2.18. The van der Waals surface area contributed by atoms with E-state index in [1.165, 1.54) is 29.5 Å². The Morgan fingerprint density at radius 1 is 1.61 bits per heavy atom. The van der Waals surface area contributed by atoms with Gasteiger partial charge in [-0.3, -0.25) is 9.59 Å². The summed E-state index contributed by atoms with van der Waals surface area (Å²) in [6, 6.07) is 1.69. The molecule has 0 saturated heterocycles. The van der Waals surface area contributed by atoms with E-state index >= 15 is 0 Å². The minimum Gasteiger partial charge on any atom is -0.310 e. The maximum absolute atomic E-state index is 11.4. The first-order valence-corrected chi connectivity index (χ1v) is 6.33. The molecule has 0 amide bonds. The smallest absolute Gasteiger partial charge is 0.275 e. The number of carbonyl (C=O) groups is 1. The van der Waals surface area contributed by atoms with E-state index in [2.05, 4.69) is 21.9 Å². The van der Waals surface area contributed by atoms with Gasteiger partial charge in [0.05, 0.1) is 0 Å². The molecule has 0 atom stereocenters. The van der Waals surface area contributed by atoms with Crippen LogP contribution in [0.3, 0.4) is 0 Å². The molecule has 6 heteroatoms. The van der Waals surface area contributed by atoms with Crippen molar-refractivity contribution < 1.29 is 4.79 Å². The molecule has 1 N–H and O–H groups in total. The molecular weight excluding hydrogens is 250 g/mol. The Kier molecular flexibility index (Phi) is 3.85. The van der Waals surface area contributed by atoms with Gasteiger partial charge in [0, 0.05) is 30.9 Å². The fourth-order valence-electron chi connectivity index (χ4n) is 1.42. The molecule has 92 valence electrons. The molecule has 0 aliphatic rings. The highest BCUT2D eigenvalue weighted by molar-refractivity contribution is 8.13. The Hall–Kier alpha value is -2.00. The number of H-pyrrole nitrogens is 1. The van der Waals surface area contributed by atoms with Gasteiger partial charge in [0.15, 0.2) is 5.12 Å². The molecule has 2 heterocycles. The highest BCUT2D eigenvalue weighted by Crippen LogP contribution is 2.04. The third kappa shape index (κ3) is 3.02. The van der Waals surface area contributed by atoms with Crippen molar-refractivity contribution in [2.75, 3.05) is 5.75 Å². The Labute approximate surface area is 108 Å². The van der Waals surface area contributed by atoms with E-state index in [-0.39, 0.29) is 10.7 Å². The second-order valence-corrected chi connectivity index (χ2v) is 4.84. The van der Waals surface area contributed by atoms with Crippen LogP contribution in [0.5, 0.6) is 0 Å². The highest BCUT2D eigenvalue weighted by Gasteiger charge is 2.00. The molecule has 18 heavy (non-hydrogen) atoms. The van der Waals surface area contributed by atoms with Crippen molar-refractivity contribution in [3.05, 3.63) is 34.5 Å². The topological polar surface area (TPSA) is 67.2 Å². The van der Waals surface area contributed by atoms with Crippen molar-refractivity contribution in [1.82, 2.24) is 14.6 Å². The lowest BCUT2D eigenvalue weighted by atomic mass is 10.3. The minimum absolute atomic E-state index is 0.0992. The predicted octanol–water partition coefficient (Wildman–Crippen LogP) is 1.04. The molecule has 2 rings (SSSR count). The van der Waals surface area contributed by atoms with E-state index in [0.717, 1.165) is 5.56 Å². The first-order valence-electron chi connectivity index (χ1n) is 5.35. The molecule has 2 aromatic heterocycles. The zero-order valence-electron chi connectivity index (χ0n) is 9.77. The summed E-state index contributed by atoms with van der Waals surface area (Å²) in [6.45, 7) is 1.54. The lowest BCUT2D eigenvalue weighted by Gasteiger charge is -1.88. The third-order valence-corrected chi connectivity index (χ3v) is 2.99. The van der Waals surface area contributed by atoms with E-state index in [9.17, 15) is 9.59 Å². The zero-order valence-corrected chi connectivity index (χ0v) is 10.6. The highest BCUT2D eigenvalue weighted by atomic mass is 32.2. The quantitative estimate of drug-likeness (QED) is 0.648. The number of nitrogens with one attached hydrogen (secondary N) is 1. The van der Waals surface area contributed by atoms with E-state index < -0.39 is 0 Å². The Bertz CT molecular complexity index is 690. The van der Waals surface area contributed by atoms with Crippen molar-refractivity contribution in [3.63, 3.8) is 0 Å². The summed E-state index contributed by atoms with van der Waals surface area (Å²) in [5.74, 6) is 6.60. The van der Waals surface area contributed by atoms with Gasteiger partial charge >= 0.3 is 0 Å². The van der Waals surface area contributed by atoms with E-state index in [4.69, 9.17) is 0 Å². The van der Waals surface area contributed by atoms with Gasteiger partial charge in [0.2, 0.25) is 0 Å². The Morgan fingerprint density at radius 3 is 3.17 bits per heavy atom. The first-order chi connectivity index (χ1) is 8.66. The predicted molar refractivity (Wildman–Crippen MR) is 70.4 cm³/mol. The van der Waals surface area contributed by atoms with Crippen LogP contribution in [0.4, 0.5) is 0 Å². The van der Waals surface area contributed by atoms with E-state index in [0.29, 0.717) is 17.7 Å². The standard InChI is InChI=1S/C12H11N3O2S/c1-9(16)18-5-3-2-4-10-6-11-12(17)13-8-14-15(11)7-10/h6-8H,3,5H2,1H3,(H,13,14,17). The normalized spacial score (nSPS) is 10.1. The van der Waals surface area contributed by atoms with Gasteiger partial charge in [-0.15, -0.1) is 0 Å². The second-order valence-electron chi connectivity index (χ2n) is 3.57. The lowest BCUT2D eigenvalue weighted by Crippen LogP contribution is -2.09. The van der Waals surface area contributed by atoms with Crippen molar-refractivity contribution in [2.45, 2.75) is 13.3 Å². The molecule has 0 aromatic carbocycles. The van der Waals surface area contributed by atoms with E-state index in [1.54, 1.807) is 12.3 Å². The van der Waals surface area contributed by atoms with Crippen LogP contribution >= 0.6 is 11.8 Å².